The Labute approximate surface area is 212 Å². The molecule has 168 valence electrons. The number of ether oxygens (including phenoxy) is 2. The van der Waals surface area contributed by atoms with Crippen molar-refractivity contribution in [3.63, 3.8) is 0 Å². The lowest BCUT2D eigenvalue weighted by atomic mass is 10.1. The van der Waals surface area contributed by atoms with Crippen LogP contribution in [0.1, 0.15) is 16.7 Å². The van der Waals surface area contributed by atoms with Crippen LogP contribution in [0.25, 0.3) is 16.8 Å². The van der Waals surface area contributed by atoms with Gasteiger partial charge in [0.25, 0.3) is 0 Å². The number of carbonyl (C=O) groups excluding carboxylic acids is 1. The fourth-order valence-corrected chi connectivity index (χ4v) is 5.05. The van der Waals surface area contributed by atoms with Crippen molar-refractivity contribution in [3.8, 4) is 5.75 Å². The van der Waals surface area contributed by atoms with E-state index in [1.807, 2.05) is 54.6 Å². The van der Waals surface area contributed by atoms with Crippen LogP contribution in [0.5, 0.6) is 5.75 Å². The maximum atomic E-state index is 13.4. The maximum absolute atomic E-state index is 13.4. The molecular weight excluding hydrogens is 565 g/mol. The molecule has 0 spiro atoms. The van der Waals surface area contributed by atoms with Gasteiger partial charge < -0.3 is 9.47 Å². The predicted octanol–water partition coefficient (Wildman–Crippen LogP) is 7.43. The first-order chi connectivity index (χ1) is 16.5. The Morgan fingerprint density at radius 2 is 1.68 bits per heavy atom. The number of esters is 1. The highest BCUT2D eigenvalue weighted by Crippen LogP contribution is 2.36. The van der Waals surface area contributed by atoms with Crippen molar-refractivity contribution in [1.82, 2.24) is 0 Å². The van der Waals surface area contributed by atoms with Gasteiger partial charge >= 0.3 is 5.97 Å². The fraction of sp³-hybridized carbons (Fsp3) is 0.0370. The lowest BCUT2D eigenvalue weighted by Crippen LogP contribution is -2.05. The van der Waals surface area contributed by atoms with Crippen LogP contribution in [0.4, 0.5) is 4.39 Å². The van der Waals surface area contributed by atoms with Gasteiger partial charge in [0, 0.05) is 5.56 Å². The zero-order valence-corrected chi connectivity index (χ0v) is 20.8. The second-order valence-electron chi connectivity index (χ2n) is 7.63. The number of halogens is 3. The van der Waals surface area contributed by atoms with E-state index in [0.717, 1.165) is 21.9 Å². The largest absolute Gasteiger partial charge is 0.487 e. The first-order valence-corrected chi connectivity index (χ1v) is 11.9. The molecule has 0 aliphatic carbocycles. The second kappa shape index (κ2) is 9.52. The van der Waals surface area contributed by atoms with Crippen LogP contribution in [-0.4, -0.2) is 11.9 Å². The van der Waals surface area contributed by atoms with Gasteiger partial charge in [-0.1, -0.05) is 42.5 Å². The highest BCUT2D eigenvalue weighted by atomic mass is 79.9. The molecule has 1 aliphatic heterocycles. The molecule has 0 saturated heterocycles. The van der Waals surface area contributed by atoms with Crippen molar-refractivity contribution >= 4 is 60.6 Å². The first-order valence-electron chi connectivity index (χ1n) is 10.3. The van der Waals surface area contributed by atoms with Gasteiger partial charge in [0.1, 0.15) is 18.2 Å². The van der Waals surface area contributed by atoms with Crippen LogP contribution >= 0.6 is 31.9 Å². The average molecular weight is 581 g/mol. The molecule has 0 unspecified atom stereocenters. The molecule has 5 rings (SSSR count). The Balaban J connectivity index is 1.39. The van der Waals surface area contributed by atoms with E-state index in [2.05, 4.69) is 36.9 Å². The van der Waals surface area contributed by atoms with E-state index >= 15 is 0 Å². The third-order valence-electron chi connectivity index (χ3n) is 5.21. The topological polar surface area (TPSA) is 47.9 Å². The Morgan fingerprint density at radius 3 is 2.44 bits per heavy atom. The van der Waals surface area contributed by atoms with Gasteiger partial charge in [-0.15, -0.1) is 0 Å². The van der Waals surface area contributed by atoms with Crippen LogP contribution in [0.3, 0.4) is 0 Å². The molecule has 4 aromatic rings. The molecule has 0 atom stereocenters. The number of rotatable bonds is 5. The lowest BCUT2D eigenvalue weighted by Gasteiger charge is -2.11. The molecule has 1 heterocycles. The van der Waals surface area contributed by atoms with Crippen molar-refractivity contribution < 1.29 is 18.7 Å². The monoisotopic (exact) mass is 579 g/mol. The highest BCUT2D eigenvalue weighted by molar-refractivity contribution is 9.11. The van der Waals surface area contributed by atoms with Crippen LogP contribution in [0.15, 0.2) is 98.5 Å². The summed E-state index contributed by atoms with van der Waals surface area (Å²) >= 11 is 7.02. The summed E-state index contributed by atoms with van der Waals surface area (Å²) < 4.78 is 26.0. The first kappa shape index (κ1) is 22.5. The van der Waals surface area contributed by atoms with E-state index in [0.29, 0.717) is 20.3 Å². The van der Waals surface area contributed by atoms with E-state index in [4.69, 9.17) is 9.47 Å². The second-order valence-corrected chi connectivity index (χ2v) is 9.34. The van der Waals surface area contributed by atoms with E-state index in [1.54, 1.807) is 18.2 Å². The third kappa shape index (κ3) is 4.81. The number of cyclic esters (lactones) is 1. The smallest absolute Gasteiger partial charge is 0.363 e. The zero-order valence-electron chi connectivity index (χ0n) is 17.6. The number of carbonyl (C=O) groups is 1. The average Bonchev–Trinajstić information content (AvgIpc) is 3.18. The summed E-state index contributed by atoms with van der Waals surface area (Å²) in [6.45, 7) is 0.209. The fourth-order valence-electron chi connectivity index (χ4n) is 3.60. The summed E-state index contributed by atoms with van der Waals surface area (Å²) in [6, 6.07) is 23.6. The van der Waals surface area contributed by atoms with Crippen LogP contribution in [-0.2, 0) is 16.1 Å². The summed E-state index contributed by atoms with van der Waals surface area (Å²) in [5.74, 6) is 0.0195. The quantitative estimate of drug-likeness (QED) is 0.182. The van der Waals surface area contributed by atoms with Crippen molar-refractivity contribution in [2.75, 3.05) is 0 Å². The summed E-state index contributed by atoms with van der Waals surface area (Å²) in [4.78, 5) is 16.9. The van der Waals surface area contributed by atoms with Gasteiger partial charge in [0.2, 0.25) is 5.90 Å². The van der Waals surface area contributed by atoms with E-state index in [9.17, 15) is 9.18 Å². The minimum absolute atomic E-state index is 0.204. The number of benzene rings is 4. The minimum Gasteiger partial charge on any atom is -0.487 e. The van der Waals surface area contributed by atoms with Crippen LogP contribution in [0, 0.1) is 5.82 Å². The Bertz CT molecular complexity index is 1470. The Morgan fingerprint density at radius 1 is 0.912 bits per heavy atom. The number of aliphatic imine (C=N–C) groups is 1. The van der Waals surface area contributed by atoms with Crippen molar-refractivity contribution in [1.29, 1.82) is 0 Å². The normalized spacial score (nSPS) is 14.4. The summed E-state index contributed by atoms with van der Waals surface area (Å²) in [5, 5.41) is 2.14. The molecule has 0 saturated carbocycles. The van der Waals surface area contributed by atoms with Crippen LogP contribution < -0.4 is 4.74 Å². The molecule has 4 aromatic carbocycles. The van der Waals surface area contributed by atoms with Crippen molar-refractivity contribution in [2.45, 2.75) is 6.61 Å². The van der Waals surface area contributed by atoms with Gasteiger partial charge in [-0.05, 0) is 96.2 Å². The highest BCUT2D eigenvalue weighted by Gasteiger charge is 2.24. The minimum atomic E-state index is -0.512. The summed E-state index contributed by atoms with van der Waals surface area (Å²) in [7, 11) is 0. The Hall–Kier alpha value is -3.29. The number of fused-ring (bicyclic) bond motifs is 1. The molecule has 4 nitrogen and oxygen atoms in total. The van der Waals surface area contributed by atoms with Gasteiger partial charge in [0.05, 0.1) is 8.95 Å². The van der Waals surface area contributed by atoms with Crippen molar-refractivity contribution in [3.05, 3.63) is 116 Å². The van der Waals surface area contributed by atoms with Gasteiger partial charge in [-0.3, -0.25) is 0 Å². The van der Waals surface area contributed by atoms with Crippen molar-refractivity contribution in [2.24, 2.45) is 4.99 Å². The maximum Gasteiger partial charge on any atom is 0.363 e. The molecule has 0 fully saturated rings. The number of hydrogen-bond donors (Lipinski definition) is 0. The number of nitrogens with zero attached hydrogens (tertiary/aromatic N) is 1. The molecular formula is C27H16Br2FNO3. The Kier molecular flexibility index (Phi) is 6.30. The molecule has 34 heavy (non-hydrogen) atoms. The molecule has 0 radical (unpaired) electrons. The SMILES string of the molecule is O=C1OC(c2ccc3ccccc3c2)=N/C1=C\c1cc(Br)c(OCc2cccc(F)c2)c(Br)c1. The molecule has 0 aromatic heterocycles. The van der Waals surface area contributed by atoms with Gasteiger partial charge in [-0.25, -0.2) is 14.2 Å². The molecule has 1 aliphatic rings. The molecule has 0 N–H and O–H groups in total. The van der Waals surface area contributed by atoms with Crippen LogP contribution in [0.2, 0.25) is 0 Å². The van der Waals surface area contributed by atoms with E-state index < -0.39 is 5.97 Å². The standard InChI is InChI=1S/C27H16Br2FNO3/c28-22-11-17(12-23(29)25(22)33-15-16-4-3-7-21(30)10-16)13-24-27(32)34-26(31-24)20-9-8-18-5-1-2-6-19(18)14-20/h1-14H,15H2/b24-13-. The summed E-state index contributed by atoms with van der Waals surface area (Å²) in [6.07, 6.45) is 1.66. The van der Waals surface area contributed by atoms with E-state index in [-0.39, 0.29) is 24.0 Å². The van der Waals surface area contributed by atoms with E-state index in [1.165, 1.54) is 12.1 Å². The van der Waals surface area contributed by atoms with Gasteiger partial charge in [0.15, 0.2) is 5.70 Å². The number of hydrogen-bond acceptors (Lipinski definition) is 4. The zero-order chi connectivity index (χ0) is 23.7. The predicted molar refractivity (Wildman–Crippen MR) is 137 cm³/mol. The lowest BCUT2D eigenvalue weighted by molar-refractivity contribution is -0.129. The third-order valence-corrected chi connectivity index (χ3v) is 6.39. The molecule has 0 bridgehead atoms. The van der Waals surface area contributed by atoms with Gasteiger partial charge in [-0.2, -0.15) is 0 Å². The molecule has 0 amide bonds. The molecule has 7 heteroatoms. The summed E-state index contributed by atoms with van der Waals surface area (Å²) in [5.41, 5.74) is 2.39.